The van der Waals surface area contributed by atoms with Gasteiger partial charge in [-0.1, -0.05) is 36.4 Å². The minimum atomic E-state index is 0.0930. The monoisotopic (exact) mass is 409 g/mol. The second kappa shape index (κ2) is 11.1. The average Bonchev–Trinajstić information content (AvgIpc) is 2.82. The second-order valence-electron chi connectivity index (χ2n) is 7.12. The van der Waals surface area contributed by atoms with Crippen LogP contribution in [0.2, 0.25) is 0 Å². The lowest BCUT2D eigenvalue weighted by Crippen LogP contribution is -2.52. The number of anilines is 1. The summed E-state index contributed by atoms with van der Waals surface area (Å²) >= 11 is 0. The number of nitrogens with one attached hydrogen (secondary N) is 2. The Morgan fingerprint density at radius 2 is 1.70 bits per heavy atom. The summed E-state index contributed by atoms with van der Waals surface area (Å²) in [5.74, 6) is 1.60. The fourth-order valence-electron chi connectivity index (χ4n) is 3.57. The van der Waals surface area contributed by atoms with E-state index in [0.717, 1.165) is 43.9 Å². The number of piperazine rings is 1. The SMILES string of the molecule is CN=C(NCCc1ccccc1OC)NCC(=O)N1CCN(c2ccccc2)CC1. The third kappa shape index (κ3) is 5.89. The van der Waals surface area contributed by atoms with Gasteiger partial charge in [-0.25, -0.2) is 0 Å². The van der Waals surface area contributed by atoms with Gasteiger partial charge in [0, 0.05) is 45.5 Å². The van der Waals surface area contributed by atoms with Crippen LogP contribution in [0.25, 0.3) is 0 Å². The number of amides is 1. The molecule has 0 unspecified atom stereocenters. The van der Waals surface area contributed by atoms with Crippen molar-refractivity contribution >= 4 is 17.6 Å². The van der Waals surface area contributed by atoms with Gasteiger partial charge < -0.3 is 25.2 Å². The van der Waals surface area contributed by atoms with Crippen molar-refractivity contribution in [2.75, 3.05) is 58.3 Å². The van der Waals surface area contributed by atoms with Gasteiger partial charge in [-0.3, -0.25) is 9.79 Å². The predicted molar refractivity (Wildman–Crippen MR) is 121 cm³/mol. The fraction of sp³-hybridized carbons (Fsp3) is 0.391. The second-order valence-corrected chi connectivity index (χ2v) is 7.12. The number of carbonyl (C=O) groups excluding carboxylic acids is 1. The summed E-state index contributed by atoms with van der Waals surface area (Å²) in [6.07, 6.45) is 0.806. The van der Waals surface area contributed by atoms with Crippen molar-refractivity contribution in [1.82, 2.24) is 15.5 Å². The van der Waals surface area contributed by atoms with Crippen molar-refractivity contribution in [2.24, 2.45) is 4.99 Å². The summed E-state index contributed by atoms with van der Waals surface area (Å²) in [7, 11) is 3.39. The van der Waals surface area contributed by atoms with E-state index in [1.807, 2.05) is 41.3 Å². The molecule has 2 aromatic rings. The van der Waals surface area contributed by atoms with Crippen LogP contribution in [0.15, 0.2) is 59.6 Å². The quantitative estimate of drug-likeness (QED) is 0.539. The predicted octanol–water partition coefficient (Wildman–Crippen LogP) is 1.75. The van der Waals surface area contributed by atoms with Gasteiger partial charge in [0.15, 0.2) is 5.96 Å². The first-order valence-electron chi connectivity index (χ1n) is 10.4. The van der Waals surface area contributed by atoms with E-state index in [-0.39, 0.29) is 12.5 Å². The number of carbonyl (C=O) groups is 1. The molecule has 7 heteroatoms. The summed E-state index contributed by atoms with van der Waals surface area (Å²) in [5, 5.41) is 6.39. The molecule has 0 saturated carbocycles. The van der Waals surface area contributed by atoms with E-state index in [9.17, 15) is 4.79 Å². The Morgan fingerprint density at radius 3 is 2.40 bits per heavy atom. The number of guanidine groups is 1. The maximum atomic E-state index is 12.6. The van der Waals surface area contributed by atoms with Gasteiger partial charge in [0.05, 0.1) is 13.7 Å². The van der Waals surface area contributed by atoms with Crippen LogP contribution in [0.4, 0.5) is 5.69 Å². The molecule has 160 valence electrons. The Morgan fingerprint density at radius 1 is 1.00 bits per heavy atom. The van der Waals surface area contributed by atoms with Crippen LogP contribution < -0.4 is 20.3 Å². The third-order valence-corrected chi connectivity index (χ3v) is 5.26. The molecule has 3 rings (SSSR count). The smallest absolute Gasteiger partial charge is 0.242 e. The molecule has 1 heterocycles. The number of nitrogens with zero attached hydrogens (tertiary/aromatic N) is 3. The van der Waals surface area contributed by atoms with E-state index in [0.29, 0.717) is 12.5 Å². The maximum Gasteiger partial charge on any atom is 0.242 e. The van der Waals surface area contributed by atoms with Crippen molar-refractivity contribution in [2.45, 2.75) is 6.42 Å². The highest BCUT2D eigenvalue weighted by atomic mass is 16.5. The lowest BCUT2D eigenvalue weighted by atomic mass is 10.1. The van der Waals surface area contributed by atoms with Crippen LogP contribution in [0.5, 0.6) is 5.75 Å². The van der Waals surface area contributed by atoms with Gasteiger partial charge >= 0.3 is 0 Å². The molecule has 2 aromatic carbocycles. The first-order valence-corrected chi connectivity index (χ1v) is 10.4. The van der Waals surface area contributed by atoms with Crippen LogP contribution in [-0.4, -0.2) is 70.2 Å². The molecule has 30 heavy (non-hydrogen) atoms. The van der Waals surface area contributed by atoms with E-state index in [1.54, 1.807) is 14.2 Å². The number of rotatable bonds is 7. The van der Waals surface area contributed by atoms with E-state index >= 15 is 0 Å². The standard InChI is InChI=1S/C23H31N5O2/c1-24-23(25-13-12-19-8-6-7-11-21(19)30-2)26-18-22(29)28-16-14-27(15-17-28)20-9-4-3-5-10-20/h3-11H,12-18H2,1-2H3,(H2,24,25,26). The molecule has 7 nitrogen and oxygen atoms in total. The Bertz CT molecular complexity index is 832. The van der Waals surface area contributed by atoms with Crippen molar-refractivity contribution in [1.29, 1.82) is 0 Å². The number of methoxy groups -OCH3 is 1. The normalized spacial score (nSPS) is 14.4. The lowest BCUT2D eigenvalue weighted by Gasteiger charge is -2.36. The molecule has 0 atom stereocenters. The zero-order valence-electron chi connectivity index (χ0n) is 17.8. The largest absolute Gasteiger partial charge is 0.496 e. The summed E-state index contributed by atoms with van der Waals surface area (Å²) < 4.78 is 5.38. The molecule has 0 radical (unpaired) electrons. The van der Waals surface area contributed by atoms with Crippen molar-refractivity contribution in [3.8, 4) is 5.75 Å². The van der Waals surface area contributed by atoms with Gasteiger partial charge in [-0.15, -0.1) is 0 Å². The topological polar surface area (TPSA) is 69.2 Å². The summed E-state index contributed by atoms with van der Waals surface area (Å²) in [4.78, 5) is 21.0. The van der Waals surface area contributed by atoms with Crippen LogP contribution in [0, 0.1) is 0 Å². The molecule has 1 amide bonds. The Hall–Kier alpha value is -3.22. The maximum absolute atomic E-state index is 12.6. The summed E-state index contributed by atoms with van der Waals surface area (Å²) in [6.45, 7) is 4.09. The highest BCUT2D eigenvalue weighted by Crippen LogP contribution is 2.17. The molecular weight excluding hydrogens is 378 g/mol. The summed E-state index contributed by atoms with van der Waals surface area (Å²) in [6, 6.07) is 18.3. The van der Waals surface area contributed by atoms with E-state index in [4.69, 9.17) is 4.74 Å². The van der Waals surface area contributed by atoms with Gasteiger partial charge in [0.2, 0.25) is 5.91 Å². The van der Waals surface area contributed by atoms with Crippen LogP contribution in [0.1, 0.15) is 5.56 Å². The molecule has 0 bridgehead atoms. The molecule has 1 aliphatic heterocycles. The van der Waals surface area contributed by atoms with Gasteiger partial charge in [0.25, 0.3) is 0 Å². The molecule has 1 saturated heterocycles. The van der Waals surface area contributed by atoms with Crippen molar-refractivity contribution < 1.29 is 9.53 Å². The van der Waals surface area contributed by atoms with Gasteiger partial charge in [-0.05, 0) is 30.2 Å². The van der Waals surface area contributed by atoms with Crippen LogP contribution >= 0.6 is 0 Å². The number of para-hydroxylation sites is 2. The van der Waals surface area contributed by atoms with Crippen LogP contribution in [-0.2, 0) is 11.2 Å². The first kappa shape index (κ1) is 21.5. The van der Waals surface area contributed by atoms with E-state index in [2.05, 4.69) is 38.7 Å². The molecule has 1 aliphatic rings. The molecule has 0 aliphatic carbocycles. The Balaban J connectivity index is 1.39. The lowest BCUT2D eigenvalue weighted by molar-refractivity contribution is -0.130. The fourth-order valence-corrected chi connectivity index (χ4v) is 3.57. The Labute approximate surface area is 178 Å². The molecule has 1 fully saturated rings. The molecule has 0 spiro atoms. The van der Waals surface area contributed by atoms with Crippen molar-refractivity contribution in [3.05, 3.63) is 60.2 Å². The zero-order chi connectivity index (χ0) is 21.2. The number of hydrogen-bond acceptors (Lipinski definition) is 4. The van der Waals surface area contributed by atoms with E-state index in [1.165, 1.54) is 5.69 Å². The number of hydrogen-bond donors (Lipinski definition) is 2. The van der Waals surface area contributed by atoms with Gasteiger partial charge in [-0.2, -0.15) is 0 Å². The van der Waals surface area contributed by atoms with E-state index < -0.39 is 0 Å². The highest BCUT2D eigenvalue weighted by Gasteiger charge is 2.21. The number of aliphatic imine (C=N–C) groups is 1. The zero-order valence-corrected chi connectivity index (χ0v) is 17.8. The minimum Gasteiger partial charge on any atom is -0.496 e. The Kier molecular flexibility index (Phi) is 7.94. The number of ether oxygens (including phenoxy) is 1. The summed E-state index contributed by atoms with van der Waals surface area (Å²) in [5.41, 5.74) is 2.35. The first-order chi connectivity index (χ1) is 14.7. The average molecular weight is 410 g/mol. The minimum absolute atomic E-state index is 0.0930. The highest BCUT2D eigenvalue weighted by molar-refractivity contribution is 5.86. The molecule has 0 aromatic heterocycles. The number of benzene rings is 2. The molecule has 2 N–H and O–H groups in total. The molecular formula is C23H31N5O2. The third-order valence-electron chi connectivity index (χ3n) is 5.26. The van der Waals surface area contributed by atoms with Crippen LogP contribution in [0.3, 0.4) is 0 Å². The van der Waals surface area contributed by atoms with Crippen molar-refractivity contribution in [3.63, 3.8) is 0 Å². The van der Waals surface area contributed by atoms with Gasteiger partial charge in [0.1, 0.15) is 5.75 Å².